The summed E-state index contributed by atoms with van der Waals surface area (Å²) in [7, 11) is 1.58. The number of fused-ring (bicyclic) bond motifs is 1. The van der Waals surface area contributed by atoms with Gasteiger partial charge in [0.25, 0.3) is 5.69 Å². The number of nitrogens with zero attached hydrogens (tertiary/aromatic N) is 3. The second-order valence-corrected chi connectivity index (χ2v) is 5.87. The molecule has 3 rings (SSSR count). The summed E-state index contributed by atoms with van der Waals surface area (Å²) in [4.78, 5) is 13.1. The first-order valence-corrected chi connectivity index (χ1v) is 8.21. The molecule has 0 saturated carbocycles. The predicted molar refractivity (Wildman–Crippen MR) is 104 cm³/mol. The van der Waals surface area contributed by atoms with Crippen LogP contribution >= 0.6 is 12.2 Å². The number of non-ortho nitro benzene ring substituents is 1. The summed E-state index contributed by atoms with van der Waals surface area (Å²) in [5.41, 5.74) is 1.35. The van der Waals surface area contributed by atoms with Crippen molar-refractivity contribution in [2.24, 2.45) is 10.2 Å². The lowest BCUT2D eigenvalue weighted by Gasteiger charge is -2.08. The molecule has 0 amide bonds. The van der Waals surface area contributed by atoms with Crippen molar-refractivity contribution in [3.8, 4) is 11.6 Å². The SMILES string of the molecule is COc1ccccc1CNC(=S)N=Nc1c(O)[nH]c2ccc([N+](=O)[O-])cc12. The average molecular weight is 385 g/mol. The number of azo groups is 1. The second-order valence-electron chi connectivity index (χ2n) is 5.48. The molecule has 1 heterocycles. The highest BCUT2D eigenvalue weighted by atomic mass is 32.1. The number of ether oxygens (including phenoxy) is 1. The summed E-state index contributed by atoms with van der Waals surface area (Å²) in [6.07, 6.45) is 0. The van der Waals surface area contributed by atoms with Crippen molar-refractivity contribution in [1.82, 2.24) is 10.3 Å². The van der Waals surface area contributed by atoms with E-state index in [1.165, 1.54) is 18.2 Å². The third-order valence-corrected chi connectivity index (χ3v) is 4.04. The number of H-pyrrole nitrogens is 1. The molecule has 0 radical (unpaired) electrons. The Bertz CT molecular complexity index is 1050. The van der Waals surface area contributed by atoms with E-state index in [2.05, 4.69) is 20.5 Å². The van der Waals surface area contributed by atoms with Gasteiger partial charge in [0, 0.05) is 29.6 Å². The number of aromatic amines is 1. The van der Waals surface area contributed by atoms with Gasteiger partial charge in [-0.3, -0.25) is 10.1 Å². The highest BCUT2D eigenvalue weighted by molar-refractivity contribution is 7.80. The van der Waals surface area contributed by atoms with E-state index in [1.807, 2.05) is 24.3 Å². The van der Waals surface area contributed by atoms with Crippen molar-refractivity contribution >= 4 is 39.6 Å². The predicted octanol–water partition coefficient (Wildman–Crippen LogP) is 3.95. The van der Waals surface area contributed by atoms with Crippen LogP contribution in [0.25, 0.3) is 10.9 Å². The maximum Gasteiger partial charge on any atom is 0.270 e. The van der Waals surface area contributed by atoms with E-state index in [4.69, 9.17) is 17.0 Å². The number of benzene rings is 2. The van der Waals surface area contributed by atoms with Gasteiger partial charge in [0.15, 0.2) is 5.69 Å². The first-order chi connectivity index (χ1) is 13.0. The minimum absolute atomic E-state index is 0.0788. The third kappa shape index (κ3) is 4.01. The highest BCUT2D eigenvalue weighted by Crippen LogP contribution is 2.37. The van der Waals surface area contributed by atoms with Crippen LogP contribution in [0.1, 0.15) is 5.56 Å². The summed E-state index contributed by atoms with van der Waals surface area (Å²) in [5, 5.41) is 32.1. The molecule has 0 aliphatic heterocycles. The molecule has 0 saturated heterocycles. The van der Waals surface area contributed by atoms with Crippen molar-refractivity contribution in [3.63, 3.8) is 0 Å². The number of thiocarbonyl (C=S) groups is 1. The molecule has 0 fully saturated rings. The fourth-order valence-electron chi connectivity index (χ4n) is 2.52. The van der Waals surface area contributed by atoms with Gasteiger partial charge in [-0.05, 0) is 24.4 Å². The zero-order chi connectivity index (χ0) is 19.4. The number of aromatic hydroxyl groups is 1. The van der Waals surface area contributed by atoms with Gasteiger partial charge in [-0.25, -0.2) is 0 Å². The topological polar surface area (TPSA) is 125 Å². The molecule has 0 atom stereocenters. The van der Waals surface area contributed by atoms with Gasteiger partial charge in [0.05, 0.1) is 17.5 Å². The standard InChI is InChI=1S/C17H15N5O4S/c1-26-14-5-3-2-4-10(14)9-18-17(27)21-20-15-12-8-11(22(24)25)6-7-13(12)19-16(15)23/h2-8,19,23H,9H2,1H3,(H,18,27). The summed E-state index contributed by atoms with van der Waals surface area (Å²) >= 11 is 5.13. The van der Waals surface area contributed by atoms with Crippen LogP contribution in [0.2, 0.25) is 0 Å². The molecule has 0 aliphatic carbocycles. The summed E-state index contributed by atoms with van der Waals surface area (Å²) in [5.74, 6) is 0.466. The van der Waals surface area contributed by atoms with E-state index in [9.17, 15) is 15.2 Å². The van der Waals surface area contributed by atoms with E-state index in [-0.39, 0.29) is 22.4 Å². The number of aromatic nitrogens is 1. The van der Waals surface area contributed by atoms with Crippen molar-refractivity contribution in [2.45, 2.75) is 6.54 Å². The van der Waals surface area contributed by atoms with Crippen molar-refractivity contribution < 1.29 is 14.8 Å². The zero-order valence-corrected chi connectivity index (χ0v) is 15.0. The summed E-state index contributed by atoms with van der Waals surface area (Å²) < 4.78 is 5.26. The lowest BCUT2D eigenvalue weighted by atomic mass is 10.2. The maximum absolute atomic E-state index is 10.9. The number of nitro benzene ring substituents is 1. The molecule has 3 N–H and O–H groups in total. The van der Waals surface area contributed by atoms with Gasteiger partial charge < -0.3 is 20.1 Å². The third-order valence-electron chi connectivity index (χ3n) is 3.81. The minimum Gasteiger partial charge on any atom is -0.496 e. The number of hydrogen-bond donors (Lipinski definition) is 3. The van der Waals surface area contributed by atoms with E-state index in [1.54, 1.807) is 7.11 Å². The first-order valence-electron chi connectivity index (χ1n) is 7.80. The Morgan fingerprint density at radius 3 is 2.89 bits per heavy atom. The number of rotatable bonds is 5. The first kappa shape index (κ1) is 18.3. The van der Waals surface area contributed by atoms with Gasteiger partial charge in [-0.15, -0.1) is 10.2 Å². The number of para-hydroxylation sites is 1. The van der Waals surface area contributed by atoms with E-state index in [0.29, 0.717) is 23.2 Å². The van der Waals surface area contributed by atoms with Crippen molar-refractivity contribution in [3.05, 3.63) is 58.1 Å². The molecule has 0 aliphatic rings. The van der Waals surface area contributed by atoms with E-state index < -0.39 is 4.92 Å². The van der Waals surface area contributed by atoms with Gasteiger partial charge in [-0.1, -0.05) is 18.2 Å². The van der Waals surface area contributed by atoms with Crippen LogP contribution in [0, 0.1) is 10.1 Å². The number of nitro groups is 1. The Kier molecular flexibility index (Phi) is 5.27. The molecule has 2 aromatic carbocycles. The molecule has 3 aromatic rings. The van der Waals surface area contributed by atoms with Crippen LogP contribution in [0.4, 0.5) is 11.4 Å². The molecule has 9 nitrogen and oxygen atoms in total. The number of hydrogen-bond acceptors (Lipinski definition) is 6. The molecular formula is C17H15N5O4S. The molecule has 27 heavy (non-hydrogen) atoms. The molecule has 0 unspecified atom stereocenters. The van der Waals surface area contributed by atoms with E-state index >= 15 is 0 Å². The van der Waals surface area contributed by atoms with Crippen LogP contribution < -0.4 is 10.1 Å². The molecule has 138 valence electrons. The lowest BCUT2D eigenvalue weighted by molar-refractivity contribution is -0.384. The normalized spacial score (nSPS) is 11.0. The fraction of sp³-hybridized carbons (Fsp3) is 0.118. The Morgan fingerprint density at radius 1 is 1.37 bits per heavy atom. The minimum atomic E-state index is -0.524. The quantitative estimate of drug-likeness (QED) is 0.264. The molecular weight excluding hydrogens is 370 g/mol. The summed E-state index contributed by atoms with van der Waals surface area (Å²) in [6, 6.07) is 11.6. The van der Waals surface area contributed by atoms with Gasteiger partial charge in [0.2, 0.25) is 11.0 Å². The monoisotopic (exact) mass is 385 g/mol. The smallest absolute Gasteiger partial charge is 0.270 e. The Balaban J connectivity index is 1.77. The number of nitrogens with one attached hydrogen (secondary N) is 2. The fourth-order valence-corrected chi connectivity index (χ4v) is 2.63. The van der Waals surface area contributed by atoms with Gasteiger partial charge in [-0.2, -0.15) is 0 Å². The maximum atomic E-state index is 10.9. The van der Waals surface area contributed by atoms with E-state index in [0.717, 1.165) is 5.56 Å². The molecule has 0 spiro atoms. The molecule has 0 bridgehead atoms. The average Bonchev–Trinajstić information content (AvgIpc) is 2.99. The second kappa shape index (κ2) is 7.79. The van der Waals surface area contributed by atoms with Crippen molar-refractivity contribution in [2.75, 3.05) is 7.11 Å². The Morgan fingerprint density at radius 2 is 2.15 bits per heavy atom. The molecule has 1 aromatic heterocycles. The van der Waals surface area contributed by atoms with Crippen LogP contribution in [0.5, 0.6) is 11.6 Å². The lowest BCUT2D eigenvalue weighted by Crippen LogP contribution is -2.18. The Hall–Kier alpha value is -3.53. The largest absolute Gasteiger partial charge is 0.496 e. The summed E-state index contributed by atoms with van der Waals surface area (Å²) in [6.45, 7) is 0.382. The number of methoxy groups -OCH3 is 1. The van der Waals surface area contributed by atoms with Crippen molar-refractivity contribution in [1.29, 1.82) is 0 Å². The van der Waals surface area contributed by atoms with Crippen LogP contribution in [-0.2, 0) is 6.54 Å². The Labute approximate surface area is 158 Å². The van der Waals surface area contributed by atoms with Crippen LogP contribution in [0.3, 0.4) is 0 Å². The highest BCUT2D eigenvalue weighted by Gasteiger charge is 2.15. The van der Waals surface area contributed by atoms with Crippen LogP contribution in [-0.4, -0.2) is 27.2 Å². The zero-order valence-electron chi connectivity index (χ0n) is 14.2. The molecule has 10 heteroatoms. The van der Waals surface area contributed by atoms with Gasteiger partial charge >= 0.3 is 0 Å². The van der Waals surface area contributed by atoms with Gasteiger partial charge in [0.1, 0.15) is 5.75 Å². The van der Waals surface area contributed by atoms with Crippen LogP contribution in [0.15, 0.2) is 52.7 Å².